The Balaban J connectivity index is 2.10. The Morgan fingerprint density at radius 3 is 2.86 bits per heavy atom. The van der Waals surface area contributed by atoms with E-state index >= 15 is 0 Å². The molecule has 1 fully saturated rings. The SMILES string of the molecule is O=[N+]([O-])c1nn(CC2CCC2)cc1Cl. The molecule has 0 N–H and O–H groups in total. The first-order chi connectivity index (χ1) is 6.66. The molecular weight excluding hydrogens is 206 g/mol. The second kappa shape index (κ2) is 3.57. The largest absolute Gasteiger partial charge is 0.408 e. The standard InChI is InChI=1S/C8H10ClN3O2/c9-7-5-11(4-6-2-1-3-6)10-8(7)12(13)14/h5-6H,1-4H2. The molecule has 1 aliphatic carbocycles. The highest BCUT2D eigenvalue weighted by Crippen LogP contribution is 2.29. The zero-order valence-electron chi connectivity index (χ0n) is 7.52. The Kier molecular flexibility index (Phi) is 2.41. The van der Waals surface area contributed by atoms with E-state index in [1.54, 1.807) is 4.68 Å². The van der Waals surface area contributed by atoms with Crippen molar-refractivity contribution in [1.29, 1.82) is 0 Å². The number of halogens is 1. The molecule has 0 aliphatic heterocycles. The minimum atomic E-state index is -0.556. The molecule has 76 valence electrons. The lowest BCUT2D eigenvalue weighted by Crippen LogP contribution is -2.18. The number of hydrogen-bond donors (Lipinski definition) is 0. The predicted molar refractivity (Wildman–Crippen MR) is 51.2 cm³/mol. The normalized spacial score (nSPS) is 16.6. The van der Waals surface area contributed by atoms with Crippen LogP contribution < -0.4 is 0 Å². The summed E-state index contributed by atoms with van der Waals surface area (Å²) in [4.78, 5) is 9.89. The fourth-order valence-electron chi connectivity index (χ4n) is 1.54. The van der Waals surface area contributed by atoms with E-state index in [1.165, 1.54) is 25.5 Å². The van der Waals surface area contributed by atoms with E-state index in [0.717, 1.165) is 6.54 Å². The molecule has 0 bridgehead atoms. The van der Waals surface area contributed by atoms with E-state index in [9.17, 15) is 10.1 Å². The molecule has 0 spiro atoms. The first kappa shape index (κ1) is 9.45. The molecule has 14 heavy (non-hydrogen) atoms. The topological polar surface area (TPSA) is 61.0 Å². The third-order valence-corrected chi connectivity index (χ3v) is 2.81. The van der Waals surface area contributed by atoms with Gasteiger partial charge < -0.3 is 10.1 Å². The minimum Gasteiger partial charge on any atom is -0.358 e. The van der Waals surface area contributed by atoms with E-state index in [-0.39, 0.29) is 10.8 Å². The number of nitro groups is 1. The Labute approximate surface area is 85.8 Å². The summed E-state index contributed by atoms with van der Waals surface area (Å²) in [6, 6.07) is 0. The molecule has 1 aliphatic rings. The summed E-state index contributed by atoms with van der Waals surface area (Å²) < 4.78 is 1.57. The molecule has 2 rings (SSSR count). The van der Waals surface area contributed by atoms with Gasteiger partial charge in [0.15, 0.2) is 5.02 Å². The van der Waals surface area contributed by atoms with E-state index in [4.69, 9.17) is 11.6 Å². The van der Waals surface area contributed by atoms with Crippen LogP contribution in [0.1, 0.15) is 19.3 Å². The summed E-state index contributed by atoms with van der Waals surface area (Å²) >= 11 is 5.66. The van der Waals surface area contributed by atoms with Crippen molar-refractivity contribution in [2.45, 2.75) is 25.8 Å². The van der Waals surface area contributed by atoms with Gasteiger partial charge in [-0.15, -0.1) is 0 Å². The van der Waals surface area contributed by atoms with Crippen LogP contribution in [0.15, 0.2) is 6.20 Å². The van der Waals surface area contributed by atoms with Crippen LogP contribution in [0.4, 0.5) is 5.82 Å². The van der Waals surface area contributed by atoms with Crippen LogP contribution in [0.3, 0.4) is 0 Å². The summed E-state index contributed by atoms with van der Waals surface area (Å²) in [7, 11) is 0. The van der Waals surface area contributed by atoms with Crippen molar-refractivity contribution in [1.82, 2.24) is 9.78 Å². The first-order valence-electron chi connectivity index (χ1n) is 4.54. The Morgan fingerprint density at radius 1 is 1.71 bits per heavy atom. The lowest BCUT2D eigenvalue weighted by molar-refractivity contribution is -0.389. The van der Waals surface area contributed by atoms with Gasteiger partial charge in [-0.3, -0.25) is 0 Å². The van der Waals surface area contributed by atoms with Gasteiger partial charge in [0, 0.05) is 0 Å². The van der Waals surface area contributed by atoms with Crippen molar-refractivity contribution in [3.63, 3.8) is 0 Å². The van der Waals surface area contributed by atoms with Crippen molar-refractivity contribution in [2.24, 2.45) is 5.92 Å². The summed E-state index contributed by atoms with van der Waals surface area (Å²) in [6.45, 7) is 0.744. The molecule has 0 aromatic carbocycles. The monoisotopic (exact) mass is 215 g/mol. The minimum absolute atomic E-state index is 0.120. The molecule has 1 saturated carbocycles. The van der Waals surface area contributed by atoms with Crippen LogP contribution in [0, 0.1) is 16.0 Å². The van der Waals surface area contributed by atoms with Crippen molar-refractivity contribution in [3.05, 3.63) is 21.3 Å². The predicted octanol–water partition coefficient (Wildman–Crippen LogP) is 2.24. The maximum atomic E-state index is 10.4. The van der Waals surface area contributed by atoms with Gasteiger partial charge in [-0.05, 0) is 23.7 Å². The summed E-state index contributed by atoms with van der Waals surface area (Å²) in [6.07, 6.45) is 5.15. The fourth-order valence-corrected chi connectivity index (χ4v) is 1.76. The summed E-state index contributed by atoms with van der Waals surface area (Å²) in [5, 5.41) is 14.4. The highest BCUT2D eigenvalue weighted by molar-refractivity contribution is 6.32. The maximum absolute atomic E-state index is 10.4. The fraction of sp³-hybridized carbons (Fsp3) is 0.625. The average Bonchev–Trinajstić information content (AvgIpc) is 2.39. The molecule has 0 amide bonds. The van der Waals surface area contributed by atoms with Crippen LogP contribution in [-0.4, -0.2) is 14.7 Å². The van der Waals surface area contributed by atoms with Gasteiger partial charge in [-0.25, -0.2) is 0 Å². The van der Waals surface area contributed by atoms with Crippen LogP contribution >= 0.6 is 11.6 Å². The van der Waals surface area contributed by atoms with Crippen LogP contribution in [-0.2, 0) is 6.54 Å². The average molecular weight is 216 g/mol. The van der Waals surface area contributed by atoms with E-state index in [0.29, 0.717) is 5.92 Å². The number of nitrogens with zero attached hydrogens (tertiary/aromatic N) is 3. The van der Waals surface area contributed by atoms with E-state index in [1.807, 2.05) is 0 Å². The smallest absolute Gasteiger partial charge is 0.358 e. The summed E-state index contributed by atoms with van der Waals surface area (Å²) in [5.41, 5.74) is 0. The van der Waals surface area contributed by atoms with Crippen molar-refractivity contribution < 1.29 is 4.92 Å². The third-order valence-electron chi connectivity index (χ3n) is 2.54. The van der Waals surface area contributed by atoms with Crippen LogP contribution in [0.5, 0.6) is 0 Å². The molecule has 1 aromatic heterocycles. The maximum Gasteiger partial charge on any atom is 0.408 e. The molecule has 5 nitrogen and oxygen atoms in total. The van der Waals surface area contributed by atoms with Gasteiger partial charge in [0.05, 0.1) is 17.8 Å². The Hall–Kier alpha value is -1.10. The third kappa shape index (κ3) is 1.72. The van der Waals surface area contributed by atoms with Gasteiger partial charge in [-0.2, -0.15) is 4.68 Å². The molecule has 6 heteroatoms. The molecule has 0 atom stereocenters. The van der Waals surface area contributed by atoms with Gasteiger partial charge in [0.25, 0.3) is 0 Å². The molecular formula is C8H10ClN3O2. The van der Waals surface area contributed by atoms with Crippen LogP contribution in [0.2, 0.25) is 5.02 Å². The second-order valence-electron chi connectivity index (χ2n) is 3.58. The molecule has 0 radical (unpaired) electrons. The Morgan fingerprint density at radius 2 is 2.43 bits per heavy atom. The Bertz CT molecular complexity index is 359. The molecule has 0 saturated heterocycles. The first-order valence-corrected chi connectivity index (χ1v) is 4.92. The van der Waals surface area contributed by atoms with Crippen molar-refractivity contribution >= 4 is 17.4 Å². The molecule has 1 heterocycles. The van der Waals surface area contributed by atoms with Crippen molar-refractivity contribution in [3.8, 4) is 0 Å². The van der Waals surface area contributed by atoms with Gasteiger partial charge >= 0.3 is 5.82 Å². The van der Waals surface area contributed by atoms with E-state index in [2.05, 4.69) is 5.10 Å². The lowest BCUT2D eigenvalue weighted by Gasteiger charge is -2.23. The quantitative estimate of drug-likeness (QED) is 0.574. The zero-order valence-corrected chi connectivity index (χ0v) is 8.28. The van der Waals surface area contributed by atoms with Gasteiger partial charge in [0.2, 0.25) is 0 Å². The number of aromatic nitrogens is 2. The van der Waals surface area contributed by atoms with Crippen molar-refractivity contribution in [2.75, 3.05) is 0 Å². The van der Waals surface area contributed by atoms with E-state index < -0.39 is 4.92 Å². The van der Waals surface area contributed by atoms with Crippen LogP contribution in [0.25, 0.3) is 0 Å². The summed E-state index contributed by atoms with van der Waals surface area (Å²) in [5.74, 6) is 0.372. The molecule has 1 aromatic rings. The highest BCUT2D eigenvalue weighted by atomic mass is 35.5. The highest BCUT2D eigenvalue weighted by Gasteiger charge is 2.23. The molecule has 0 unspecified atom stereocenters. The van der Waals surface area contributed by atoms with Gasteiger partial charge in [-0.1, -0.05) is 18.0 Å². The van der Waals surface area contributed by atoms with Gasteiger partial charge in [0.1, 0.15) is 0 Å². The lowest BCUT2D eigenvalue weighted by atomic mass is 9.85. The zero-order chi connectivity index (χ0) is 10.1. The number of hydrogen-bond acceptors (Lipinski definition) is 3. The second-order valence-corrected chi connectivity index (χ2v) is 3.98. The number of rotatable bonds is 3.